The number of benzene rings is 9. The fraction of sp³-hybridized carbons (Fsp3) is 0. The first-order chi connectivity index (χ1) is 25.1. The zero-order valence-electron chi connectivity index (χ0n) is 27.7. The molecule has 10 aromatic rings. The predicted octanol–water partition coefficient (Wildman–Crippen LogP) is 12.5. The van der Waals surface area contributed by atoms with Gasteiger partial charge in [-0.3, -0.25) is 0 Å². The maximum Gasteiger partial charge on any atom is 0.171 e. The molecule has 0 fully saturated rings. The molecule has 0 radical (unpaired) electrons. The van der Waals surface area contributed by atoms with E-state index in [9.17, 15) is 0 Å². The summed E-state index contributed by atoms with van der Waals surface area (Å²) < 4.78 is 18.2. The molecule has 10 rings (SSSR count). The van der Waals surface area contributed by atoms with Gasteiger partial charge in [0.1, 0.15) is 0 Å². The van der Waals surface area contributed by atoms with Crippen molar-refractivity contribution in [1.82, 2.24) is 0 Å². The maximum atomic E-state index is 15.9. The van der Waals surface area contributed by atoms with Crippen LogP contribution in [-0.4, -0.2) is 0 Å². The Morgan fingerprint density at radius 2 is 0.686 bits per heavy atom. The SMILES string of the molecule is O=P(c1ccc(-c2ccccc2)cc1)(c1ccc(-c2ccccc2)cc1)c1ccc2c(c1)sc1cc3c4ccccc4c4ccccc4c3cc12. The molecule has 0 saturated heterocycles. The molecule has 51 heavy (non-hydrogen) atoms. The first-order valence-electron chi connectivity index (χ1n) is 17.3. The zero-order valence-corrected chi connectivity index (χ0v) is 29.4. The first kappa shape index (κ1) is 30.1. The summed E-state index contributed by atoms with van der Waals surface area (Å²) in [4.78, 5) is 0. The maximum absolute atomic E-state index is 15.9. The van der Waals surface area contributed by atoms with E-state index >= 15 is 4.57 Å². The van der Waals surface area contributed by atoms with Crippen molar-refractivity contribution in [2.75, 3.05) is 0 Å². The Morgan fingerprint density at radius 3 is 1.20 bits per heavy atom. The summed E-state index contributed by atoms with van der Waals surface area (Å²) in [6.07, 6.45) is 0. The quantitative estimate of drug-likeness (QED) is 0.130. The largest absolute Gasteiger partial charge is 0.309 e. The zero-order chi connectivity index (χ0) is 33.9. The van der Waals surface area contributed by atoms with Gasteiger partial charge in [0, 0.05) is 36.1 Å². The average Bonchev–Trinajstić information content (AvgIpc) is 3.57. The third-order valence-corrected chi connectivity index (χ3v) is 14.5. The van der Waals surface area contributed by atoms with E-state index in [-0.39, 0.29) is 0 Å². The normalized spacial score (nSPS) is 12.0. The second-order valence-electron chi connectivity index (χ2n) is 13.2. The fourth-order valence-electron chi connectivity index (χ4n) is 7.79. The third kappa shape index (κ3) is 4.87. The first-order valence-corrected chi connectivity index (χ1v) is 19.8. The van der Waals surface area contributed by atoms with Gasteiger partial charge in [0.25, 0.3) is 0 Å². The van der Waals surface area contributed by atoms with Crippen LogP contribution < -0.4 is 15.9 Å². The van der Waals surface area contributed by atoms with Crippen molar-refractivity contribution >= 4 is 86.9 Å². The van der Waals surface area contributed by atoms with E-state index < -0.39 is 7.14 Å². The average molecular weight is 687 g/mol. The predicted molar refractivity (Wildman–Crippen MR) is 222 cm³/mol. The van der Waals surface area contributed by atoms with Crippen LogP contribution in [0, 0.1) is 0 Å². The van der Waals surface area contributed by atoms with E-state index in [4.69, 9.17) is 0 Å². The molecule has 0 bridgehead atoms. The summed E-state index contributed by atoms with van der Waals surface area (Å²) >= 11 is 1.79. The number of thiophene rings is 1. The highest BCUT2D eigenvalue weighted by molar-refractivity contribution is 7.85. The van der Waals surface area contributed by atoms with Crippen LogP contribution in [0.5, 0.6) is 0 Å². The third-order valence-electron chi connectivity index (χ3n) is 10.4. The van der Waals surface area contributed by atoms with E-state index in [1.165, 1.54) is 47.8 Å². The Labute approximate surface area is 300 Å². The minimum atomic E-state index is -3.25. The Bertz CT molecular complexity index is 2880. The number of hydrogen-bond donors (Lipinski definition) is 0. The van der Waals surface area contributed by atoms with E-state index in [0.29, 0.717) is 0 Å². The Hall–Kier alpha value is -5.79. The monoisotopic (exact) mass is 686 g/mol. The highest BCUT2D eigenvalue weighted by atomic mass is 32.1. The Morgan fingerprint density at radius 1 is 0.294 bits per heavy atom. The summed E-state index contributed by atoms with van der Waals surface area (Å²) in [7, 11) is -3.25. The summed E-state index contributed by atoms with van der Waals surface area (Å²) in [5.74, 6) is 0. The van der Waals surface area contributed by atoms with Crippen LogP contribution in [0.3, 0.4) is 0 Å². The lowest BCUT2D eigenvalue weighted by molar-refractivity contribution is 0.592. The molecule has 0 aliphatic heterocycles. The van der Waals surface area contributed by atoms with Gasteiger partial charge in [0.2, 0.25) is 0 Å². The lowest BCUT2D eigenvalue weighted by Crippen LogP contribution is -2.25. The summed E-state index contributed by atoms with van der Waals surface area (Å²) in [6, 6.07) is 66.1. The Kier molecular flexibility index (Phi) is 7.03. The van der Waals surface area contributed by atoms with Crippen molar-refractivity contribution in [3.8, 4) is 22.3 Å². The van der Waals surface area contributed by atoms with Crippen LogP contribution in [-0.2, 0) is 4.57 Å². The van der Waals surface area contributed by atoms with Crippen LogP contribution >= 0.6 is 18.5 Å². The molecule has 0 aliphatic carbocycles. The van der Waals surface area contributed by atoms with Crippen LogP contribution in [0.15, 0.2) is 188 Å². The Balaban J connectivity index is 1.17. The minimum absolute atomic E-state index is 0.832. The smallest absolute Gasteiger partial charge is 0.171 e. The van der Waals surface area contributed by atoms with Crippen LogP contribution in [0.4, 0.5) is 0 Å². The van der Waals surface area contributed by atoms with Crippen LogP contribution in [0.2, 0.25) is 0 Å². The summed E-state index contributed by atoms with van der Waals surface area (Å²) in [6.45, 7) is 0. The van der Waals surface area contributed by atoms with Gasteiger partial charge in [0.15, 0.2) is 7.14 Å². The molecule has 1 aromatic heterocycles. The van der Waals surface area contributed by atoms with Crippen molar-refractivity contribution in [2.24, 2.45) is 0 Å². The molecule has 1 heterocycles. The number of hydrogen-bond acceptors (Lipinski definition) is 2. The lowest BCUT2D eigenvalue weighted by Gasteiger charge is -2.21. The second kappa shape index (κ2) is 11.9. The van der Waals surface area contributed by atoms with E-state index in [0.717, 1.165) is 42.9 Å². The molecule has 3 heteroatoms. The highest BCUT2D eigenvalue weighted by Gasteiger charge is 2.30. The summed E-state index contributed by atoms with van der Waals surface area (Å²) in [5, 5.41) is 12.6. The highest BCUT2D eigenvalue weighted by Crippen LogP contribution is 2.46. The van der Waals surface area contributed by atoms with Gasteiger partial charge in [-0.15, -0.1) is 11.3 Å². The van der Waals surface area contributed by atoms with E-state index in [1.807, 2.05) is 12.1 Å². The minimum Gasteiger partial charge on any atom is -0.309 e. The van der Waals surface area contributed by atoms with Crippen molar-refractivity contribution in [3.05, 3.63) is 188 Å². The summed E-state index contributed by atoms with van der Waals surface area (Å²) in [5.41, 5.74) is 4.51. The van der Waals surface area contributed by atoms with E-state index in [2.05, 4.69) is 176 Å². The fourth-order valence-corrected chi connectivity index (χ4v) is 11.7. The van der Waals surface area contributed by atoms with Crippen molar-refractivity contribution in [2.45, 2.75) is 0 Å². The van der Waals surface area contributed by atoms with Gasteiger partial charge in [-0.05, 0) is 72.8 Å². The van der Waals surface area contributed by atoms with Crippen molar-refractivity contribution in [1.29, 1.82) is 0 Å². The molecule has 0 unspecified atom stereocenters. The van der Waals surface area contributed by atoms with Gasteiger partial charge >= 0.3 is 0 Å². The number of fused-ring (bicyclic) bond motifs is 9. The van der Waals surface area contributed by atoms with Gasteiger partial charge in [-0.25, -0.2) is 0 Å². The molecule has 0 N–H and O–H groups in total. The van der Waals surface area contributed by atoms with Gasteiger partial charge < -0.3 is 4.57 Å². The molecule has 0 atom stereocenters. The standard InChI is InChI=1S/C48H31OPS/c49-50(36-23-19-34(20-24-36)32-11-3-1-4-12-32,37-25-21-35(22-26-37)33-13-5-2-6-14-33)38-27-28-43-46-30-44-41-17-9-7-15-39(41)40-16-8-10-18-42(40)45(44)31-48(46)51-47(43)29-38/h1-31H. The number of rotatable bonds is 5. The molecule has 1 nitrogen and oxygen atoms in total. The second-order valence-corrected chi connectivity index (χ2v) is 17.1. The van der Waals surface area contributed by atoms with E-state index in [1.54, 1.807) is 11.3 Å². The van der Waals surface area contributed by atoms with Gasteiger partial charge in [0.05, 0.1) is 0 Å². The molecule has 0 spiro atoms. The lowest BCUT2D eigenvalue weighted by atomic mass is 9.93. The molecular formula is C48H31OPS. The topological polar surface area (TPSA) is 17.1 Å². The van der Waals surface area contributed by atoms with Crippen LogP contribution in [0.25, 0.3) is 74.7 Å². The van der Waals surface area contributed by atoms with Crippen molar-refractivity contribution in [3.63, 3.8) is 0 Å². The molecule has 240 valence electrons. The molecule has 0 aliphatic rings. The van der Waals surface area contributed by atoms with Gasteiger partial charge in [-0.1, -0.05) is 170 Å². The van der Waals surface area contributed by atoms with Crippen LogP contribution in [0.1, 0.15) is 0 Å². The molecular weight excluding hydrogens is 656 g/mol. The molecule has 0 amide bonds. The molecule has 0 saturated carbocycles. The van der Waals surface area contributed by atoms with Gasteiger partial charge in [-0.2, -0.15) is 0 Å². The molecule has 9 aromatic carbocycles. The van der Waals surface area contributed by atoms with Crippen molar-refractivity contribution < 1.29 is 4.57 Å².